The van der Waals surface area contributed by atoms with Gasteiger partial charge in [0.15, 0.2) is 0 Å². The molecule has 2 rings (SSSR count). The van der Waals surface area contributed by atoms with E-state index in [0.29, 0.717) is 0 Å². The van der Waals surface area contributed by atoms with Crippen LogP contribution in [0.1, 0.15) is 11.7 Å². The van der Waals surface area contributed by atoms with Gasteiger partial charge in [0.05, 0.1) is 22.9 Å². The zero-order valence-corrected chi connectivity index (χ0v) is 8.44. The molecule has 15 heavy (non-hydrogen) atoms. The fourth-order valence-electron chi connectivity index (χ4n) is 1.43. The Bertz CT molecular complexity index is 514. The molecule has 1 atom stereocenters. The predicted octanol–water partition coefficient (Wildman–Crippen LogP) is 1.52. The molecule has 1 aromatic heterocycles. The zero-order valence-electron chi connectivity index (χ0n) is 8.44. The number of hydrogen-bond acceptors (Lipinski definition) is 3. The van der Waals surface area contributed by atoms with Gasteiger partial charge in [0, 0.05) is 0 Å². The Morgan fingerprint density at radius 3 is 2.73 bits per heavy atom. The van der Waals surface area contributed by atoms with Gasteiger partial charge < -0.3 is 5.32 Å². The number of fused-ring (bicyclic) bond motifs is 1. The van der Waals surface area contributed by atoms with Crippen LogP contribution in [0.2, 0.25) is 0 Å². The highest BCUT2D eigenvalue weighted by Gasteiger charge is 2.07. The van der Waals surface area contributed by atoms with E-state index < -0.39 is 0 Å². The molecular weight excluding hydrogens is 186 g/mol. The van der Waals surface area contributed by atoms with Crippen molar-refractivity contribution >= 4 is 11.0 Å². The minimum Gasteiger partial charge on any atom is -0.302 e. The Kier molecular flexibility index (Phi) is 2.61. The molecule has 0 spiro atoms. The average molecular weight is 197 g/mol. The lowest BCUT2D eigenvalue weighted by Crippen LogP contribution is -2.15. The SMILES string of the molecule is C#CC(NC)c1cnc2ccccc2n1. The third kappa shape index (κ3) is 1.80. The van der Waals surface area contributed by atoms with E-state index in [2.05, 4.69) is 21.2 Å². The standard InChI is InChI=1S/C12H11N3/c1-3-9(13-2)12-8-14-10-6-4-5-7-11(10)15-12/h1,4-9,13H,2H3. The van der Waals surface area contributed by atoms with Crippen molar-refractivity contribution in [1.82, 2.24) is 15.3 Å². The zero-order chi connectivity index (χ0) is 10.7. The molecule has 0 saturated heterocycles. The predicted molar refractivity (Wildman–Crippen MR) is 60.2 cm³/mol. The largest absolute Gasteiger partial charge is 0.302 e. The van der Waals surface area contributed by atoms with E-state index in [1.165, 1.54) is 0 Å². The van der Waals surface area contributed by atoms with Crippen molar-refractivity contribution < 1.29 is 0 Å². The van der Waals surface area contributed by atoms with Gasteiger partial charge in [-0.1, -0.05) is 18.1 Å². The summed E-state index contributed by atoms with van der Waals surface area (Å²) < 4.78 is 0. The van der Waals surface area contributed by atoms with E-state index in [1.807, 2.05) is 24.3 Å². The van der Waals surface area contributed by atoms with Crippen LogP contribution >= 0.6 is 0 Å². The van der Waals surface area contributed by atoms with Crippen LogP contribution in [0, 0.1) is 12.3 Å². The van der Waals surface area contributed by atoms with Gasteiger partial charge in [-0.3, -0.25) is 4.98 Å². The fourth-order valence-corrected chi connectivity index (χ4v) is 1.43. The van der Waals surface area contributed by atoms with Crippen LogP contribution < -0.4 is 5.32 Å². The summed E-state index contributed by atoms with van der Waals surface area (Å²) in [5.74, 6) is 2.62. The highest BCUT2D eigenvalue weighted by Crippen LogP contribution is 2.12. The molecular formula is C12H11N3. The molecule has 0 fully saturated rings. The van der Waals surface area contributed by atoms with E-state index in [0.717, 1.165) is 16.7 Å². The molecule has 0 radical (unpaired) electrons. The molecule has 1 unspecified atom stereocenters. The summed E-state index contributed by atoms with van der Waals surface area (Å²) in [6, 6.07) is 7.55. The van der Waals surface area contributed by atoms with E-state index >= 15 is 0 Å². The molecule has 0 aliphatic rings. The second-order valence-electron chi connectivity index (χ2n) is 3.17. The highest BCUT2D eigenvalue weighted by molar-refractivity contribution is 5.73. The van der Waals surface area contributed by atoms with Crippen LogP contribution in [-0.2, 0) is 0 Å². The van der Waals surface area contributed by atoms with Crippen LogP contribution in [0.15, 0.2) is 30.5 Å². The topological polar surface area (TPSA) is 37.8 Å². The minimum atomic E-state index is -0.179. The summed E-state index contributed by atoms with van der Waals surface area (Å²) in [5, 5.41) is 2.99. The molecule has 74 valence electrons. The third-order valence-electron chi connectivity index (χ3n) is 2.22. The Hall–Kier alpha value is -1.92. The fraction of sp³-hybridized carbons (Fsp3) is 0.167. The molecule has 0 bridgehead atoms. The maximum absolute atomic E-state index is 5.38. The van der Waals surface area contributed by atoms with Crippen LogP contribution in [0.3, 0.4) is 0 Å². The van der Waals surface area contributed by atoms with Crippen molar-refractivity contribution in [3.63, 3.8) is 0 Å². The molecule has 1 aromatic carbocycles. The Morgan fingerprint density at radius 1 is 1.33 bits per heavy atom. The van der Waals surface area contributed by atoms with E-state index in [9.17, 15) is 0 Å². The molecule has 0 saturated carbocycles. The summed E-state index contributed by atoms with van der Waals surface area (Å²) in [6.07, 6.45) is 7.09. The van der Waals surface area contributed by atoms with E-state index in [4.69, 9.17) is 6.42 Å². The summed E-state index contributed by atoms with van der Waals surface area (Å²) >= 11 is 0. The smallest absolute Gasteiger partial charge is 0.113 e. The van der Waals surface area contributed by atoms with Crippen molar-refractivity contribution in [1.29, 1.82) is 0 Å². The Morgan fingerprint density at radius 2 is 2.07 bits per heavy atom. The van der Waals surface area contributed by atoms with Crippen LogP contribution in [-0.4, -0.2) is 17.0 Å². The summed E-state index contributed by atoms with van der Waals surface area (Å²) in [5.41, 5.74) is 2.53. The first-order chi connectivity index (χ1) is 7.35. The van der Waals surface area contributed by atoms with Gasteiger partial charge in [0.1, 0.15) is 6.04 Å². The minimum absolute atomic E-state index is 0.179. The first kappa shape index (κ1) is 9.63. The summed E-state index contributed by atoms with van der Waals surface area (Å²) in [7, 11) is 1.81. The van der Waals surface area contributed by atoms with E-state index in [1.54, 1.807) is 13.2 Å². The second kappa shape index (κ2) is 4.07. The number of terminal acetylenes is 1. The molecule has 3 heteroatoms. The highest BCUT2D eigenvalue weighted by atomic mass is 14.9. The molecule has 0 amide bonds. The van der Waals surface area contributed by atoms with Crippen molar-refractivity contribution in [3.05, 3.63) is 36.2 Å². The quantitative estimate of drug-likeness (QED) is 0.742. The lowest BCUT2D eigenvalue weighted by molar-refractivity contribution is 0.713. The molecule has 1 heterocycles. The third-order valence-corrected chi connectivity index (χ3v) is 2.22. The van der Waals surface area contributed by atoms with Gasteiger partial charge in [-0.15, -0.1) is 6.42 Å². The molecule has 0 aliphatic heterocycles. The first-order valence-electron chi connectivity index (χ1n) is 4.70. The maximum atomic E-state index is 5.38. The van der Waals surface area contributed by atoms with Gasteiger partial charge in [-0.25, -0.2) is 4.98 Å². The van der Waals surface area contributed by atoms with Crippen LogP contribution in [0.25, 0.3) is 11.0 Å². The van der Waals surface area contributed by atoms with Crippen LogP contribution in [0.4, 0.5) is 0 Å². The lowest BCUT2D eigenvalue weighted by Gasteiger charge is -2.08. The normalized spacial score (nSPS) is 12.3. The molecule has 0 aliphatic carbocycles. The number of aromatic nitrogens is 2. The van der Waals surface area contributed by atoms with Gasteiger partial charge >= 0.3 is 0 Å². The van der Waals surface area contributed by atoms with Gasteiger partial charge in [0.25, 0.3) is 0 Å². The van der Waals surface area contributed by atoms with Gasteiger partial charge in [0.2, 0.25) is 0 Å². The molecule has 3 nitrogen and oxygen atoms in total. The van der Waals surface area contributed by atoms with Crippen molar-refractivity contribution in [3.8, 4) is 12.3 Å². The van der Waals surface area contributed by atoms with Crippen molar-refractivity contribution in [2.45, 2.75) is 6.04 Å². The van der Waals surface area contributed by atoms with Gasteiger partial charge in [-0.2, -0.15) is 0 Å². The monoisotopic (exact) mass is 197 g/mol. The molecule has 2 aromatic rings. The maximum Gasteiger partial charge on any atom is 0.113 e. The molecule has 1 N–H and O–H groups in total. The summed E-state index contributed by atoms with van der Waals surface area (Å²) in [4.78, 5) is 8.75. The Labute approximate surface area is 88.6 Å². The number of nitrogens with one attached hydrogen (secondary N) is 1. The number of nitrogens with zero attached hydrogens (tertiary/aromatic N) is 2. The van der Waals surface area contributed by atoms with Crippen LogP contribution in [0.5, 0.6) is 0 Å². The van der Waals surface area contributed by atoms with Crippen molar-refractivity contribution in [2.75, 3.05) is 7.05 Å². The number of rotatable bonds is 2. The lowest BCUT2D eigenvalue weighted by atomic mass is 10.2. The number of hydrogen-bond donors (Lipinski definition) is 1. The second-order valence-corrected chi connectivity index (χ2v) is 3.17. The first-order valence-corrected chi connectivity index (χ1v) is 4.70. The number of benzene rings is 1. The summed E-state index contributed by atoms with van der Waals surface area (Å²) in [6.45, 7) is 0. The Balaban J connectivity index is 2.52. The van der Waals surface area contributed by atoms with Gasteiger partial charge in [-0.05, 0) is 19.2 Å². The number of para-hydroxylation sites is 2. The van der Waals surface area contributed by atoms with Crippen molar-refractivity contribution in [2.24, 2.45) is 0 Å². The van der Waals surface area contributed by atoms with E-state index in [-0.39, 0.29) is 6.04 Å². The average Bonchev–Trinajstić information content (AvgIpc) is 2.30.